The van der Waals surface area contributed by atoms with Crippen molar-refractivity contribution in [1.82, 2.24) is 0 Å². The molecule has 2 heteroatoms. The molecule has 0 spiro atoms. The average Bonchev–Trinajstić information content (AvgIpc) is 1.20. The molecule has 0 radical (unpaired) electrons. The van der Waals surface area contributed by atoms with Crippen molar-refractivity contribution in [3.63, 3.8) is 0 Å². The van der Waals surface area contributed by atoms with Gasteiger partial charge in [-0.05, 0) is 17.0 Å². The molecule has 0 aliphatic carbocycles. The lowest BCUT2D eigenvalue weighted by Gasteiger charge is -2.33. The molecule has 0 N–H and O–H groups in total. The van der Waals surface area contributed by atoms with Crippen molar-refractivity contribution >= 4 is 16.1 Å². The predicted molar refractivity (Wildman–Crippen MR) is 451 cm³/mol. The van der Waals surface area contributed by atoms with Crippen LogP contribution in [0.4, 0.5) is 0 Å². The zero-order chi connectivity index (χ0) is 69.6. The Morgan fingerprint density at radius 3 is 0.421 bits per heavy atom. The van der Waals surface area contributed by atoms with E-state index >= 15 is 0 Å². The second-order valence-electron chi connectivity index (χ2n) is 34.5. The van der Waals surface area contributed by atoms with E-state index in [9.17, 15) is 0 Å². The number of unbranched alkanes of at least 4 members (excludes halogenated alkanes) is 63. The Hall–Kier alpha value is 0.434. The molecule has 3 atom stereocenters. The fraction of sp³-hybridized carbons (Fsp3) is 1.00. The highest BCUT2D eigenvalue weighted by atomic mass is 28.3. The van der Waals surface area contributed by atoms with Crippen molar-refractivity contribution in [2.75, 3.05) is 0 Å². The van der Waals surface area contributed by atoms with Crippen LogP contribution in [0.2, 0.25) is 49.4 Å². The molecule has 574 valence electrons. The van der Waals surface area contributed by atoms with E-state index in [2.05, 4.69) is 74.7 Å². The molecule has 0 rings (SSSR count). The number of hydrogen-bond acceptors (Lipinski definition) is 0. The van der Waals surface area contributed by atoms with Crippen molar-refractivity contribution in [2.45, 2.75) is 592 Å². The van der Waals surface area contributed by atoms with Gasteiger partial charge >= 0.3 is 0 Å². The van der Waals surface area contributed by atoms with Gasteiger partial charge in [0.25, 0.3) is 0 Å². The van der Waals surface area contributed by atoms with E-state index in [1.807, 2.05) is 0 Å². The smallest absolute Gasteiger partial charge is 0.0504 e. The molecule has 0 saturated heterocycles. The van der Waals surface area contributed by atoms with Crippen LogP contribution in [0.1, 0.15) is 543 Å². The van der Waals surface area contributed by atoms with E-state index in [1.54, 1.807) is 37.8 Å². The standard InChI is InChI=1S/C61H128Si2.C32H66/c1-9-13-17-21-25-28-31-34-40-46-52-58-62(5,6)60(54-48-42-24-20-16-12-4)56-50-44-38-36-39-45-51-57-61(55-49-43-37-33-30-27-23-19-15-11-3)63(7,8)59-53-47-41-35-32-29-26-22-18-14-10-2;1-4-7-9-11-13-15-17-18-19-21-23-25-27-29-31-32(6-3)30-28-26-24-22-20-16-14-12-10-8-5-2/h60-61H,9-59H2,1-8H3;32H,4-31H2,1-3H3. The summed E-state index contributed by atoms with van der Waals surface area (Å²) in [6.07, 6.45) is 114. The van der Waals surface area contributed by atoms with E-state index in [4.69, 9.17) is 0 Å². The van der Waals surface area contributed by atoms with Crippen molar-refractivity contribution in [1.29, 1.82) is 0 Å². The van der Waals surface area contributed by atoms with Gasteiger partial charge in [0.1, 0.15) is 0 Å². The van der Waals surface area contributed by atoms with E-state index in [1.165, 1.54) is 469 Å². The molecule has 0 saturated carbocycles. The van der Waals surface area contributed by atoms with E-state index in [0.29, 0.717) is 0 Å². The third-order valence-corrected chi connectivity index (χ3v) is 33.1. The summed E-state index contributed by atoms with van der Waals surface area (Å²) in [4.78, 5) is 0. The van der Waals surface area contributed by atoms with Gasteiger partial charge in [-0.15, -0.1) is 0 Å². The van der Waals surface area contributed by atoms with Gasteiger partial charge in [-0.1, -0.05) is 581 Å². The molecule has 0 aromatic rings. The molecule has 0 heterocycles. The first-order chi connectivity index (χ1) is 46.6. The summed E-state index contributed by atoms with van der Waals surface area (Å²) < 4.78 is 0. The normalized spacial score (nSPS) is 13.0. The molecule has 95 heavy (non-hydrogen) atoms. The van der Waals surface area contributed by atoms with Gasteiger partial charge in [0.2, 0.25) is 0 Å². The van der Waals surface area contributed by atoms with Crippen LogP contribution in [0.25, 0.3) is 0 Å². The van der Waals surface area contributed by atoms with Crippen molar-refractivity contribution in [3.05, 3.63) is 0 Å². The van der Waals surface area contributed by atoms with E-state index in [0.717, 1.165) is 17.0 Å². The summed E-state index contributed by atoms with van der Waals surface area (Å²) in [7, 11) is -2.33. The Morgan fingerprint density at radius 2 is 0.274 bits per heavy atom. The Labute approximate surface area is 610 Å². The van der Waals surface area contributed by atoms with Gasteiger partial charge in [0.15, 0.2) is 0 Å². The van der Waals surface area contributed by atoms with Gasteiger partial charge in [-0.25, -0.2) is 0 Å². The topological polar surface area (TPSA) is 0 Å². The van der Waals surface area contributed by atoms with Crippen LogP contribution in [-0.4, -0.2) is 16.1 Å². The zero-order valence-electron chi connectivity index (χ0n) is 69.6. The Balaban J connectivity index is 0. The van der Waals surface area contributed by atoms with Crippen molar-refractivity contribution in [2.24, 2.45) is 5.92 Å². The first-order valence-corrected chi connectivity index (χ1v) is 53.2. The summed E-state index contributed by atoms with van der Waals surface area (Å²) in [5, 5.41) is 0. The largest absolute Gasteiger partial charge is 0.0691 e. The summed E-state index contributed by atoms with van der Waals surface area (Å²) in [6.45, 7) is 27.6. The second kappa shape index (κ2) is 81.7. The highest BCUT2D eigenvalue weighted by Crippen LogP contribution is 2.39. The minimum absolute atomic E-state index is 1.02. The maximum atomic E-state index is 2.81. The second-order valence-corrected chi connectivity index (χ2v) is 45.1. The Morgan fingerprint density at radius 1 is 0.147 bits per heavy atom. The first kappa shape index (κ1) is 97.5. The fourth-order valence-corrected chi connectivity index (χ4v) is 23.8. The summed E-state index contributed by atoms with van der Waals surface area (Å²) >= 11 is 0. The molecule has 0 bridgehead atoms. The lowest BCUT2D eigenvalue weighted by Crippen LogP contribution is -2.32. The van der Waals surface area contributed by atoms with Crippen LogP contribution in [0.15, 0.2) is 0 Å². The van der Waals surface area contributed by atoms with Crippen molar-refractivity contribution in [3.8, 4) is 0 Å². The highest BCUT2D eigenvalue weighted by Gasteiger charge is 2.31. The zero-order valence-corrected chi connectivity index (χ0v) is 71.6. The monoisotopic (exact) mass is 1370 g/mol. The maximum absolute atomic E-state index is 2.81. The van der Waals surface area contributed by atoms with Gasteiger partial charge < -0.3 is 0 Å². The minimum atomic E-state index is -1.17. The van der Waals surface area contributed by atoms with Crippen LogP contribution in [0.3, 0.4) is 0 Å². The molecular weight excluding hydrogens is 1170 g/mol. The van der Waals surface area contributed by atoms with Gasteiger partial charge in [0, 0.05) is 0 Å². The van der Waals surface area contributed by atoms with Crippen molar-refractivity contribution < 1.29 is 0 Å². The van der Waals surface area contributed by atoms with E-state index < -0.39 is 16.1 Å². The molecule has 0 aliphatic rings. The third-order valence-electron chi connectivity index (χ3n) is 24.2. The van der Waals surface area contributed by atoms with Crippen LogP contribution < -0.4 is 0 Å². The molecule has 0 aliphatic heterocycles. The van der Waals surface area contributed by atoms with Crippen LogP contribution in [0, 0.1) is 5.92 Å². The third kappa shape index (κ3) is 75.4. The summed E-state index contributed by atoms with van der Waals surface area (Å²) in [5.41, 5.74) is 2.16. The minimum Gasteiger partial charge on any atom is -0.0691 e. The maximum Gasteiger partial charge on any atom is 0.0504 e. The molecule has 0 fully saturated rings. The molecule has 0 aromatic heterocycles. The van der Waals surface area contributed by atoms with Gasteiger partial charge in [0.05, 0.1) is 16.1 Å². The molecule has 0 amide bonds. The number of hydrogen-bond donors (Lipinski definition) is 0. The molecule has 0 nitrogen and oxygen atoms in total. The Kier molecular flexibility index (Phi) is 83.9. The van der Waals surface area contributed by atoms with Crippen LogP contribution in [-0.2, 0) is 0 Å². The molecular formula is C93H194Si2. The van der Waals surface area contributed by atoms with E-state index in [-0.39, 0.29) is 0 Å². The highest BCUT2D eigenvalue weighted by molar-refractivity contribution is 6.79. The quantitative estimate of drug-likeness (QED) is 0.0421. The van der Waals surface area contributed by atoms with Gasteiger partial charge in [-0.2, -0.15) is 0 Å². The Bertz CT molecular complexity index is 1330. The van der Waals surface area contributed by atoms with Gasteiger partial charge in [-0.3, -0.25) is 0 Å². The number of rotatable bonds is 82. The van der Waals surface area contributed by atoms with Crippen LogP contribution in [0.5, 0.6) is 0 Å². The predicted octanol–water partition coefficient (Wildman–Crippen LogP) is 36.9. The SMILES string of the molecule is CCCCCCCCCCCCCCCCC(CC)CCCCCCCCCCCCC.CCCCCCCCCCCCC[Si](C)(C)C(CCCCCCCC)CCCCCCCCCC(CCCCCCCCCCCC)[Si](C)(C)CCCCCCCCCCCCC. The summed E-state index contributed by atoms with van der Waals surface area (Å²) in [5.74, 6) is 1.02. The molecule has 0 aromatic carbocycles. The summed E-state index contributed by atoms with van der Waals surface area (Å²) in [6, 6.07) is 3.20. The lowest BCUT2D eigenvalue weighted by molar-refractivity contribution is 0.392. The van der Waals surface area contributed by atoms with Crippen LogP contribution >= 0.6 is 0 Å². The fourth-order valence-electron chi connectivity index (χ4n) is 16.7. The first-order valence-electron chi connectivity index (χ1n) is 46.6. The molecule has 3 unspecified atom stereocenters. The lowest BCUT2D eigenvalue weighted by atomic mass is 9.92. The average molecular weight is 1370 g/mol.